The number of anilines is 1. The van der Waals surface area contributed by atoms with Gasteiger partial charge in [0.15, 0.2) is 0 Å². The average molecular weight is 587 g/mol. The summed E-state index contributed by atoms with van der Waals surface area (Å²) in [7, 11) is 1.85. The molecule has 8 nitrogen and oxygen atoms in total. The van der Waals surface area contributed by atoms with Crippen molar-refractivity contribution < 1.29 is 27.1 Å². The second-order valence-corrected chi connectivity index (χ2v) is 10.8. The molecule has 2 N–H and O–H groups in total. The molecule has 2 fully saturated rings. The molecule has 0 spiro atoms. The summed E-state index contributed by atoms with van der Waals surface area (Å²) in [5.41, 5.74) is -0.185. The van der Waals surface area contributed by atoms with Crippen LogP contribution in [0.4, 0.5) is 23.2 Å². The Balaban J connectivity index is 1.35. The third-order valence-corrected chi connectivity index (χ3v) is 7.71. The van der Waals surface area contributed by atoms with Crippen LogP contribution in [-0.2, 0) is 4.74 Å². The van der Waals surface area contributed by atoms with Crippen molar-refractivity contribution in [1.29, 1.82) is 0 Å². The van der Waals surface area contributed by atoms with E-state index in [0.29, 0.717) is 42.8 Å². The number of carbonyl (C=O) groups excluding carboxylic acids is 1. The average Bonchev–Trinajstić information content (AvgIpc) is 3.47. The number of alkyl halides is 4. The summed E-state index contributed by atoms with van der Waals surface area (Å²) in [5, 5.41) is 11.0. The van der Waals surface area contributed by atoms with Crippen molar-refractivity contribution in [3.8, 4) is 0 Å². The van der Waals surface area contributed by atoms with Crippen LogP contribution in [0.3, 0.4) is 0 Å². The van der Waals surface area contributed by atoms with E-state index in [1.807, 2.05) is 11.9 Å². The normalized spacial score (nSPS) is 20.7. The predicted octanol–water partition coefficient (Wildman–Crippen LogP) is 5.26. The largest absolute Gasteiger partial charge is 0.417 e. The molecule has 2 aliphatic rings. The first-order valence-electron chi connectivity index (χ1n) is 14.0. The number of halogens is 4. The van der Waals surface area contributed by atoms with Gasteiger partial charge in [-0.1, -0.05) is 24.8 Å². The van der Waals surface area contributed by atoms with Crippen LogP contribution in [0.5, 0.6) is 0 Å². The smallest absolute Gasteiger partial charge is 0.381 e. The topological polar surface area (TPSA) is 84.3 Å². The van der Waals surface area contributed by atoms with E-state index >= 15 is 0 Å². The number of ether oxygens (including phenoxy) is 1. The molecule has 1 aromatic carbocycles. The first kappa shape index (κ1) is 29.7. The fourth-order valence-corrected chi connectivity index (χ4v) is 5.33. The fraction of sp³-hybridized carbons (Fsp3) is 0.433. The van der Waals surface area contributed by atoms with Crippen molar-refractivity contribution in [3.63, 3.8) is 0 Å². The molecule has 1 amide bonds. The quantitative estimate of drug-likeness (QED) is 0.351. The number of allylic oxidation sites excluding steroid dienone is 1. The lowest BCUT2D eigenvalue weighted by molar-refractivity contribution is -0.0688. The third kappa shape index (κ3) is 6.81. The first-order valence-corrected chi connectivity index (χ1v) is 14.0. The van der Waals surface area contributed by atoms with Crippen LogP contribution in [-0.4, -0.2) is 83.9 Å². The van der Waals surface area contributed by atoms with Crippen molar-refractivity contribution in [3.05, 3.63) is 66.3 Å². The highest BCUT2D eigenvalue weighted by molar-refractivity contribution is 6.01. The molecule has 224 valence electrons. The Morgan fingerprint density at radius 1 is 1.21 bits per heavy atom. The van der Waals surface area contributed by atoms with Gasteiger partial charge in [0.2, 0.25) is 0 Å². The van der Waals surface area contributed by atoms with Crippen molar-refractivity contribution in [2.75, 3.05) is 45.2 Å². The SMILES string of the molecule is C=C(c1nc(/C=C/CNC(=O)c2cnn(C3CCOCC3)c2)cc2c(N[C@@H]3CCN(C)C[C@@H]3F)cccc12)C(F)(F)F. The Hall–Kier alpha value is -3.77. The Morgan fingerprint density at radius 2 is 2.00 bits per heavy atom. The predicted molar refractivity (Wildman–Crippen MR) is 154 cm³/mol. The van der Waals surface area contributed by atoms with E-state index in [9.17, 15) is 22.4 Å². The molecule has 0 aliphatic carbocycles. The zero-order chi connectivity index (χ0) is 29.9. The molecule has 2 aromatic heterocycles. The Kier molecular flexibility index (Phi) is 8.93. The molecule has 0 bridgehead atoms. The zero-order valence-electron chi connectivity index (χ0n) is 23.3. The molecule has 3 aromatic rings. The maximum Gasteiger partial charge on any atom is 0.417 e. The van der Waals surface area contributed by atoms with E-state index in [-0.39, 0.29) is 41.8 Å². The highest BCUT2D eigenvalue weighted by atomic mass is 19.4. The van der Waals surface area contributed by atoms with E-state index in [1.165, 1.54) is 6.20 Å². The zero-order valence-corrected chi connectivity index (χ0v) is 23.3. The summed E-state index contributed by atoms with van der Waals surface area (Å²) in [6.07, 6.45) is 2.77. The number of nitrogens with zero attached hydrogens (tertiary/aromatic N) is 4. The van der Waals surface area contributed by atoms with Gasteiger partial charge in [-0.2, -0.15) is 18.3 Å². The van der Waals surface area contributed by atoms with Gasteiger partial charge in [0.1, 0.15) is 6.17 Å². The van der Waals surface area contributed by atoms with Crippen molar-refractivity contribution in [2.45, 2.75) is 43.7 Å². The summed E-state index contributed by atoms with van der Waals surface area (Å²) >= 11 is 0. The first-order chi connectivity index (χ1) is 20.1. The van der Waals surface area contributed by atoms with Crippen molar-refractivity contribution in [1.82, 2.24) is 25.0 Å². The summed E-state index contributed by atoms with van der Waals surface area (Å²) in [4.78, 5) is 18.8. The van der Waals surface area contributed by atoms with Crippen LogP contribution < -0.4 is 10.6 Å². The number of rotatable bonds is 8. The number of amides is 1. The molecule has 5 rings (SSSR count). The highest BCUT2D eigenvalue weighted by Crippen LogP contribution is 2.37. The minimum atomic E-state index is -4.69. The maximum absolute atomic E-state index is 14.8. The van der Waals surface area contributed by atoms with Gasteiger partial charge < -0.3 is 20.3 Å². The van der Waals surface area contributed by atoms with Gasteiger partial charge in [0.05, 0.1) is 40.8 Å². The van der Waals surface area contributed by atoms with Crippen molar-refractivity contribution >= 4 is 34.0 Å². The van der Waals surface area contributed by atoms with Crippen LogP contribution in [0.2, 0.25) is 0 Å². The summed E-state index contributed by atoms with van der Waals surface area (Å²) in [6, 6.07) is 6.27. The van der Waals surface area contributed by atoms with Crippen LogP contribution in [0.25, 0.3) is 22.4 Å². The monoisotopic (exact) mass is 586 g/mol. The minimum absolute atomic E-state index is 0.121. The number of piperidine rings is 1. The highest BCUT2D eigenvalue weighted by Gasteiger charge is 2.35. The molecule has 4 heterocycles. The fourth-order valence-electron chi connectivity index (χ4n) is 5.33. The molecular weight excluding hydrogens is 552 g/mol. The van der Waals surface area contributed by atoms with E-state index in [4.69, 9.17) is 4.74 Å². The number of carbonyl (C=O) groups is 1. The Morgan fingerprint density at radius 3 is 2.74 bits per heavy atom. The molecule has 42 heavy (non-hydrogen) atoms. The molecule has 0 unspecified atom stereocenters. The number of nitrogens with one attached hydrogen (secondary N) is 2. The van der Waals surface area contributed by atoms with Gasteiger partial charge >= 0.3 is 6.18 Å². The van der Waals surface area contributed by atoms with E-state index in [1.54, 1.807) is 47.3 Å². The van der Waals surface area contributed by atoms with Gasteiger partial charge in [-0.15, -0.1) is 0 Å². The van der Waals surface area contributed by atoms with E-state index in [0.717, 1.165) is 12.8 Å². The third-order valence-electron chi connectivity index (χ3n) is 7.71. The number of hydrogen-bond donors (Lipinski definition) is 2. The number of aromatic nitrogens is 3. The van der Waals surface area contributed by atoms with Crippen LogP contribution in [0.1, 0.15) is 47.1 Å². The van der Waals surface area contributed by atoms with E-state index < -0.39 is 24.0 Å². The van der Waals surface area contributed by atoms with Crippen LogP contribution >= 0.6 is 0 Å². The van der Waals surface area contributed by atoms with Crippen LogP contribution in [0, 0.1) is 0 Å². The van der Waals surface area contributed by atoms with Gasteiger partial charge in [-0.3, -0.25) is 9.48 Å². The molecule has 2 aliphatic heterocycles. The second-order valence-electron chi connectivity index (χ2n) is 10.8. The number of hydrogen-bond acceptors (Lipinski definition) is 6. The lowest BCUT2D eigenvalue weighted by Gasteiger charge is -2.33. The van der Waals surface area contributed by atoms with E-state index in [2.05, 4.69) is 27.3 Å². The summed E-state index contributed by atoms with van der Waals surface area (Å²) < 4.78 is 63.2. The number of likely N-dealkylation sites (tertiary alicyclic amines) is 1. The molecule has 0 saturated carbocycles. The lowest BCUT2D eigenvalue weighted by Crippen LogP contribution is -2.46. The van der Waals surface area contributed by atoms with Gasteiger partial charge in [-0.25, -0.2) is 9.37 Å². The lowest BCUT2D eigenvalue weighted by atomic mass is 9.99. The maximum atomic E-state index is 14.8. The van der Waals surface area contributed by atoms with Gasteiger partial charge in [0.25, 0.3) is 5.91 Å². The van der Waals surface area contributed by atoms with Gasteiger partial charge in [-0.05, 0) is 44.5 Å². The van der Waals surface area contributed by atoms with Crippen LogP contribution in [0.15, 0.2) is 49.3 Å². The Bertz CT molecular complexity index is 1460. The summed E-state index contributed by atoms with van der Waals surface area (Å²) in [6.45, 7) is 5.69. The molecule has 2 atom stereocenters. The second kappa shape index (κ2) is 12.6. The molecule has 0 radical (unpaired) electrons. The number of benzene rings is 1. The van der Waals surface area contributed by atoms with Crippen molar-refractivity contribution in [2.24, 2.45) is 0 Å². The Labute approximate surface area is 241 Å². The summed E-state index contributed by atoms with van der Waals surface area (Å²) in [5.74, 6) is -0.319. The standard InChI is InChI=1S/C30H34F4N6O2/c1-19(30(32,33)34)28-23-6-3-7-26(38-27-8-12-39(2)18-25(27)31)24(23)15-21(37-28)5-4-11-35-29(41)20-16-36-40(17-20)22-9-13-42-14-10-22/h3-7,15-17,22,25,27,38H,1,8-14,18H2,2H3,(H,35,41)/b5-4+/t25-,27+/m0/s1. The number of pyridine rings is 1. The minimum Gasteiger partial charge on any atom is -0.381 e. The number of fused-ring (bicyclic) bond motifs is 1. The van der Waals surface area contributed by atoms with Gasteiger partial charge in [0, 0.05) is 55.5 Å². The molecular formula is C30H34F4N6O2. The molecule has 2 saturated heterocycles. The molecule has 12 heteroatoms.